The number of hydrogen-bond donors (Lipinski definition) is 0. The van der Waals surface area contributed by atoms with Crippen molar-refractivity contribution >= 4 is 5.97 Å². The molecule has 2 heteroatoms. The molecule has 0 heterocycles. The van der Waals surface area contributed by atoms with Crippen molar-refractivity contribution in [2.24, 2.45) is 29.6 Å². The van der Waals surface area contributed by atoms with Crippen molar-refractivity contribution in [2.75, 3.05) is 7.11 Å². The highest BCUT2D eigenvalue weighted by Gasteiger charge is 2.47. The molecule has 0 aliphatic heterocycles. The van der Waals surface area contributed by atoms with Crippen molar-refractivity contribution < 1.29 is 9.53 Å². The molecule has 0 spiro atoms. The van der Waals surface area contributed by atoms with Crippen LogP contribution in [0.25, 0.3) is 0 Å². The summed E-state index contributed by atoms with van der Waals surface area (Å²) in [5.41, 5.74) is 0. The van der Waals surface area contributed by atoms with E-state index in [2.05, 4.69) is 12.2 Å². The molecule has 4 aliphatic rings. The molecule has 88 valence electrons. The zero-order chi connectivity index (χ0) is 11.1. The van der Waals surface area contributed by atoms with E-state index in [1.54, 1.807) is 0 Å². The molecule has 2 unspecified atom stereocenters. The Morgan fingerprint density at radius 1 is 1.12 bits per heavy atom. The molecule has 0 amide bonds. The Hall–Kier alpha value is -0.790. The molecule has 0 radical (unpaired) electrons. The number of methoxy groups -OCH3 is 1. The van der Waals surface area contributed by atoms with E-state index in [0.29, 0.717) is 0 Å². The van der Waals surface area contributed by atoms with Crippen LogP contribution in [0, 0.1) is 29.6 Å². The molecule has 0 aromatic rings. The summed E-state index contributed by atoms with van der Waals surface area (Å²) >= 11 is 0. The second-order valence-corrected chi connectivity index (χ2v) is 5.66. The number of ether oxygens (including phenoxy) is 1. The minimum atomic E-state index is 0.00755. The van der Waals surface area contributed by atoms with Crippen molar-refractivity contribution in [2.45, 2.75) is 32.1 Å². The molecule has 4 aliphatic carbocycles. The first-order chi connectivity index (χ1) is 7.79. The Labute approximate surface area is 97.1 Å². The first-order valence-corrected chi connectivity index (χ1v) is 6.55. The van der Waals surface area contributed by atoms with Crippen LogP contribution in [0.5, 0.6) is 0 Å². The zero-order valence-corrected chi connectivity index (χ0v) is 9.89. The Bertz CT molecular complexity index is 301. The van der Waals surface area contributed by atoms with Crippen LogP contribution in [0.15, 0.2) is 12.2 Å². The Morgan fingerprint density at radius 2 is 1.75 bits per heavy atom. The minimum Gasteiger partial charge on any atom is -0.469 e. The van der Waals surface area contributed by atoms with E-state index in [9.17, 15) is 4.79 Å². The highest BCUT2D eigenvalue weighted by molar-refractivity contribution is 5.72. The number of allylic oxidation sites excluding steroid dienone is 2. The van der Waals surface area contributed by atoms with Crippen LogP contribution in [-0.4, -0.2) is 13.1 Å². The zero-order valence-electron chi connectivity index (χ0n) is 9.89. The van der Waals surface area contributed by atoms with Gasteiger partial charge in [-0.2, -0.15) is 0 Å². The summed E-state index contributed by atoms with van der Waals surface area (Å²) < 4.78 is 4.83. The fraction of sp³-hybridized carbons (Fsp3) is 0.786. The summed E-state index contributed by atoms with van der Waals surface area (Å²) in [5, 5.41) is 0. The van der Waals surface area contributed by atoms with Gasteiger partial charge in [-0.1, -0.05) is 12.2 Å². The summed E-state index contributed by atoms with van der Waals surface area (Å²) in [4.78, 5) is 11.4. The van der Waals surface area contributed by atoms with Crippen molar-refractivity contribution in [1.82, 2.24) is 0 Å². The second-order valence-electron chi connectivity index (χ2n) is 5.66. The number of rotatable bonds is 2. The van der Waals surface area contributed by atoms with Gasteiger partial charge in [-0.05, 0) is 55.8 Å². The van der Waals surface area contributed by atoms with Crippen LogP contribution in [0.3, 0.4) is 0 Å². The molecule has 2 saturated carbocycles. The minimum absolute atomic E-state index is 0.00755. The lowest BCUT2D eigenvalue weighted by molar-refractivity contribution is -0.147. The number of esters is 1. The van der Waals surface area contributed by atoms with Crippen LogP contribution in [-0.2, 0) is 9.53 Å². The van der Waals surface area contributed by atoms with Crippen LogP contribution in [0.4, 0.5) is 0 Å². The van der Waals surface area contributed by atoms with Gasteiger partial charge in [0.25, 0.3) is 0 Å². The number of hydrogen-bond acceptors (Lipinski definition) is 2. The Balaban J connectivity index is 1.53. The predicted octanol–water partition coefficient (Wildman–Crippen LogP) is 2.79. The van der Waals surface area contributed by atoms with Gasteiger partial charge in [0.1, 0.15) is 0 Å². The lowest BCUT2D eigenvalue weighted by atomic mass is 9.60. The maximum absolute atomic E-state index is 11.4. The van der Waals surface area contributed by atoms with Gasteiger partial charge in [0.2, 0.25) is 0 Å². The lowest BCUT2D eigenvalue weighted by Crippen LogP contribution is -2.38. The third-order valence-electron chi connectivity index (χ3n) is 4.99. The second kappa shape index (κ2) is 3.90. The fourth-order valence-corrected chi connectivity index (χ4v) is 4.06. The van der Waals surface area contributed by atoms with E-state index in [1.807, 2.05) is 0 Å². The summed E-state index contributed by atoms with van der Waals surface area (Å²) in [6.07, 6.45) is 10.8. The third kappa shape index (κ3) is 1.50. The van der Waals surface area contributed by atoms with E-state index >= 15 is 0 Å². The molecule has 0 aromatic heterocycles. The molecule has 4 rings (SSSR count). The SMILES string of the molecule is COC(=O)C1CCC(C2C3C=CC2C3)CC1. The molecule has 16 heavy (non-hydrogen) atoms. The molecule has 0 saturated heterocycles. The summed E-state index contributed by atoms with van der Waals surface area (Å²) in [6, 6.07) is 0. The molecular weight excluding hydrogens is 200 g/mol. The van der Waals surface area contributed by atoms with Crippen LogP contribution in [0.2, 0.25) is 0 Å². The Kier molecular flexibility index (Phi) is 2.53. The number of carbonyl (C=O) groups excluding carboxylic acids is 1. The average molecular weight is 220 g/mol. The van der Waals surface area contributed by atoms with Crippen molar-refractivity contribution in [1.29, 1.82) is 0 Å². The molecule has 2 bridgehead atoms. The van der Waals surface area contributed by atoms with Crippen molar-refractivity contribution in [3.63, 3.8) is 0 Å². The predicted molar refractivity (Wildman–Crippen MR) is 61.7 cm³/mol. The van der Waals surface area contributed by atoms with Gasteiger partial charge in [0, 0.05) is 0 Å². The summed E-state index contributed by atoms with van der Waals surface area (Å²) in [6.45, 7) is 0. The first-order valence-electron chi connectivity index (χ1n) is 6.55. The van der Waals surface area contributed by atoms with E-state index in [1.165, 1.54) is 26.4 Å². The van der Waals surface area contributed by atoms with Gasteiger partial charge < -0.3 is 4.74 Å². The molecule has 2 nitrogen and oxygen atoms in total. The van der Waals surface area contributed by atoms with Crippen LogP contribution < -0.4 is 0 Å². The monoisotopic (exact) mass is 220 g/mol. The van der Waals surface area contributed by atoms with Crippen LogP contribution in [0.1, 0.15) is 32.1 Å². The molecule has 2 fully saturated rings. The molecule has 2 atom stereocenters. The molecular formula is C14H20O2. The quantitative estimate of drug-likeness (QED) is 0.528. The Morgan fingerprint density at radius 3 is 2.25 bits per heavy atom. The topological polar surface area (TPSA) is 26.3 Å². The van der Waals surface area contributed by atoms with Crippen LogP contribution >= 0.6 is 0 Å². The maximum Gasteiger partial charge on any atom is 0.308 e. The summed E-state index contributed by atoms with van der Waals surface area (Å²) in [7, 11) is 1.50. The lowest BCUT2D eigenvalue weighted by Gasteiger charge is -2.44. The van der Waals surface area contributed by atoms with Gasteiger partial charge in [0.05, 0.1) is 13.0 Å². The highest BCUT2D eigenvalue weighted by Crippen LogP contribution is 2.55. The smallest absolute Gasteiger partial charge is 0.308 e. The largest absolute Gasteiger partial charge is 0.469 e. The van der Waals surface area contributed by atoms with Crippen molar-refractivity contribution in [3.05, 3.63) is 12.2 Å². The number of carbonyl (C=O) groups is 1. The average Bonchev–Trinajstić information content (AvgIpc) is 2.92. The normalized spacial score (nSPS) is 45.2. The van der Waals surface area contributed by atoms with E-state index in [-0.39, 0.29) is 11.9 Å². The van der Waals surface area contributed by atoms with E-state index in [4.69, 9.17) is 4.74 Å². The van der Waals surface area contributed by atoms with Gasteiger partial charge in [-0.25, -0.2) is 0 Å². The first kappa shape index (κ1) is 10.4. The molecule has 0 N–H and O–H groups in total. The standard InChI is InChI=1S/C14H20O2/c1-16-14(15)10-4-2-9(3-5-10)13-11-6-7-12(13)8-11/h6-7,9-13H,2-5,8H2,1H3. The van der Waals surface area contributed by atoms with Gasteiger partial charge in [0.15, 0.2) is 0 Å². The van der Waals surface area contributed by atoms with Crippen molar-refractivity contribution in [3.8, 4) is 0 Å². The van der Waals surface area contributed by atoms with E-state index < -0.39 is 0 Å². The highest BCUT2D eigenvalue weighted by atomic mass is 16.5. The van der Waals surface area contributed by atoms with Gasteiger partial charge in [-0.15, -0.1) is 0 Å². The summed E-state index contributed by atoms with van der Waals surface area (Å²) in [5.74, 6) is 3.76. The van der Waals surface area contributed by atoms with E-state index in [0.717, 1.165) is 36.5 Å². The maximum atomic E-state index is 11.4. The third-order valence-corrected chi connectivity index (χ3v) is 4.99. The molecule has 0 aromatic carbocycles. The fourth-order valence-electron chi connectivity index (χ4n) is 4.06. The van der Waals surface area contributed by atoms with Gasteiger partial charge >= 0.3 is 5.97 Å². The van der Waals surface area contributed by atoms with Gasteiger partial charge in [-0.3, -0.25) is 4.79 Å².